The first-order chi connectivity index (χ1) is 8.34. The Kier molecular flexibility index (Phi) is 4.53. The van der Waals surface area contributed by atoms with E-state index in [0.717, 1.165) is 18.7 Å². The first-order valence-corrected chi connectivity index (χ1v) is 5.85. The Bertz CT molecular complexity index is 347. The van der Waals surface area contributed by atoms with Crippen molar-refractivity contribution in [1.29, 1.82) is 0 Å². The molecule has 4 nitrogen and oxygen atoms in total. The molecule has 0 unspecified atom stereocenters. The zero-order valence-corrected chi connectivity index (χ0v) is 9.72. The first kappa shape index (κ1) is 12.1. The molecule has 1 saturated heterocycles. The Labute approximate surface area is 101 Å². The first-order valence-electron chi connectivity index (χ1n) is 5.85. The molecule has 2 rings (SSSR count). The molecule has 1 aliphatic heterocycles. The van der Waals surface area contributed by atoms with E-state index in [4.69, 9.17) is 9.47 Å². The van der Waals surface area contributed by atoms with Gasteiger partial charge in [-0.25, -0.2) is 0 Å². The van der Waals surface area contributed by atoms with E-state index in [-0.39, 0.29) is 12.0 Å². The summed E-state index contributed by atoms with van der Waals surface area (Å²) in [7, 11) is 0. The van der Waals surface area contributed by atoms with Gasteiger partial charge < -0.3 is 14.8 Å². The van der Waals surface area contributed by atoms with Crippen LogP contribution in [0.15, 0.2) is 30.3 Å². The topological polar surface area (TPSA) is 47.6 Å². The van der Waals surface area contributed by atoms with Gasteiger partial charge in [0, 0.05) is 12.6 Å². The number of benzene rings is 1. The summed E-state index contributed by atoms with van der Waals surface area (Å²) >= 11 is 0. The van der Waals surface area contributed by atoms with Crippen LogP contribution in [0.4, 0.5) is 0 Å². The largest absolute Gasteiger partial charge is 0.461 e. The lowest BCUT2D eigenvalue weighted by Crippen LogP contribution is -2.42. The van der Waals surface area contributed by atoms with Gasteiger partial charge in [0.2, 0.25) is 0 Å². The van der Waals surface area contributed by atoms with Crippen molar-refractivity contribution in [2.75, 3.05) is 19.8 Å². The number of carbonyl (C=O) groups excluding carboxylic acids is 1. The third kappa shape index (κ3) is 4.17. The molecule has 1 aromatic rings. The van der Waals surface area contributed by atoms with Gasteiger partial charge in [0.25, 0.3) is 0 Å². The van der Waals surface area contributed by atoms with E-state index in [0.29, 0.717) is 19.6 Å². The van der Waals surface area contributed by atoms with Gasteiger partial charge in [0.1, 0.15) is 6.61 Å². The molecule has 0 aromatic heterocycles. The molecule has 92 valence electrons. The van der Waals surface area contributed by atoms with Crippen LogP contribution in [-0.2, 0) is 20.9 Å². The molecule has 1 fully saturated rings. The van der Waals surface area contributed by atoms with Gasteiger partial charge in [0.15, 0.2) is 0 Å². The number of nitrogens with one attached hydrogen (secondary N) is 1. The number of carbonyl (C=O) groups is 1. The maximum atomic E-state index is 11.6. The second-order valence-corrected chi connectivity index (χ2v) is 4.08. The lowest BCUT2D eigenvalue weighted by Gasteiger charge is -2.22. The van der Waals surface area contributed by atoms with Gasteiger partial charge in [-0.2, -0.15) is 0 Å². The Morgan fingerprint density at radius 2 is 2.24 bits per heavy atom. The number of ether oxygens (including phenoxy) is 2. The van der Waals surface area contributed by atoms with E-state index in [1.807, 2.05) is 30.3 Å². The van der Waals surface area contributed by atoms with Gasteiger partial charge in [0.05, 0.1) is 19.6 Å². The van der Waals surface area contributed by atoms with E-state index in [2.05, 4.69) is 5.32 Å². The van der Waals surface area contributed by atoms with Crippen LogP contribution in [0.1, 0.15) is 12.0 Å². The van der Waals surface area contributed by atoms with E-state index in [9.17, 15) is 4.79 Å². The van der Waals surface area contributed by atoms with Gasteiger partial charge in [-0.15, -0.1) is 0 Å². The quantitative estimate of drug-likeness (QED) is 0.794. The summed E-state index contributed by atoms with van der Waals surface area (Å²) in [6, 6.07) is 9.77. The zero-order chi connectivity index (χ0) is 11.9. The molecule has 1 N–H and O–H groups in total. The number of hydrogen-bond acceptors (Lipinski definition) is 4. The normalized spacial score (nSPS) is 19.9. The molecular formula is C13H17NO3. The molecule has 1 aromatic carbocycles. The minimum atomic E-state index is -0.183. The average Bonchev–Trinajstić information content (AvgIpc) is 2.39. The Balaban J connectivity index is 1.70. The van der Waals surface area contributed by atoms with Crippen molar-refractivity contribution in [2.45, 2.75) is 19.1 Å². The van der Waals surface area contributed by atoms with Crippen molar-refractivity contribution in [3.63, 3.8) is 0 Å². The van der Waals surface area contributed by atoms with Gasteiger partial charge in [-0.3, -0.25) is 4.79 Å². The fourth-order valence-corrected chi connectivity index (χ4v) is 1.75. The molecule has 0 amide bonds. The summed E-state index contributed by atoms with van der Waals surface area (Å²) in [4.78, 5) is 11.6. The maximum absolute atomic E-state index is 11.6. The van der Waals surface area contributed by atoms with Crippen LogP contribution in [0, 0.1) is 0 Å². The summed E-state index contributed by atoms with van der Waals surface area (Å²) < 4.78 is 10.5. The predicted octanol–water partition coefficient (Wildman–Crippen LogP) is 1.11. The van der Waals surface area contributed by atoms with E-state index >= 15 is 0 Å². The van der Waals surface area contributed by atoms with Crippen molar-refractivity contribution in [3.05, 3.63) is 35.9 Å². The van der Waals surface area contributed by atoms with Crippen molar-refractivity contribution >= 4 is 5.97 Å². The fourth-order valence-electron chi connectivity index (χ4n) is 1.75. The lowest BCUT2D eigenvalue weighted by atomic mass is 10.2. The summed E-state index contributed by atoms with van der Waals surface area (Å²) in [6.07, 6.45) is 0.368. The van der Waals surface area contributed by atoms with Crippen molar-refractivity contribution in [1.82, 2.24) is 5.32 Å². The maximum Gasteiger partial charge on any atom is 0.307 e. The van der Waals surface area contributed by atoms with E-state index in [1.54, 1.807) is 0 Å². The highest BCUT2D eigenvalue weighted by atomic mass is 16.5. The van der Waals surface area contributed by atoms with Crippen LogP contribution < -0.4 is 5.32 Å². The van der Waals surface area contributed by atoms with Crippen molar-refractivity contribution in [2.24, 2.45) is 0 Å². The van der Waals surface area contributed by atoms with Crippen LogP contribution >= 0.6 is 0 Å². The summed E-state index contributed by atoms with van der Waals surface area (Å²) in [5.74, 6) is -0.183. The molecule has 17 heavy (non-hydrogen) atoms. The smallest absolute Gasteiger partial charge is 0.307 e. The van der Waals surface area contributed by atoms with Crippen molar-refractivity contribution < 1.29 is 14.3 Å². The highest BCUT2D eigenvalue weighted by Crippen LogP contribution is 2.04. The Morgan fingerprint density at radius 3 is 2.94 bits per heavy atom. The molecule has 0 spiro atoms. The molecular weight excluding hydrogens is 218 g/mol. The Morgan fingerprint density at radius 1 is 1.41 bits per heavy atom. The van der Waals surface area contributed by atoms with Crippen molar-refractivity contribution in [3.8, 4) is 0 Å². The predicted molar refractivity (Wildman–Crippen MR) is 63.5 cm³/mol. The fraction of sp³-hybridized carbons (Fsp3) is 0.462. The van der Waals surface area contributed by atoms with Gasteiger partial charge in [-0.1, -0.05) is 30.3 Å². The SMILES string of the molecule is O=C(C[C@H]1COCCN1)OCc1ccccc1. The molecule has 1 aliphatic rings. The van der Waals surface area contributed by atoms with Gasteiger partial charge in [-0.05, 0) is 5.56 Å². The lowest BCUT2D eigenvalue weighted by molar-refractivity contribution is -0.146. The number of morpholine rings is 1. The van der Waals surface area contributed by atoms with E-state index < -0.39 is 0 Å². The highest BCUT2D eigenvalue weighted by molar-refractivity contribution is 5.70. The summed E-state index contributed by atoms with van der Waals surface area (Å²) in [5, 5.41) is 3.22. The standard InChI is InChI=1S/C13H17NO3/c15-13(8-12-10-16-7-6-14-12)17-9-11-4-2-1-3-5-11/h1-5,12,14H,6-10H2/t12-/m0/s1. The number of rotatable bonds is 4. The minimum absolute atomic E-state index is 0.0898. The second-order valence-electron chi connectivity index (χ2n) is 4.08. The zero-order valence-electron chi connectivity index (χ0n) is 9.72. The molecule has 4 heteroatoms. The third-order valence-corrected chi connectivity index (χ3v) is 2.65. The highest BCUT2D eigenvalue weighted by Gasteiger charge is 2.17. The average molecular weight is 235 g/mol. The molecule has 0 radical (unpaired) electrons. The monoisotopic (exact) mass is 235 g/mol. The summed E-state index contributed by atoms with van der Waals surface area (Å²) in [6.45, 7) is 2.44. The Hall–Kier alpha value is -1.39. The third-order valence-electron chi connectivity index (χ3n) is 2.65. The number of hydrogen-bond donors (Lipinski definition) is 1. The molecule has 0 aliphatic carbocycles. The summed E-state index contributed by atoms with van der Waals surface area (Å²) in [5.41, 5.74) is 1.01. The van der Waals surface area contributed by atoms with Crippen LogP contribution in [-0.4, -0.2) is 31.8 Å². The van der Waals surface area contributed by atoms with Crippen LogP contribution in [0.2, 0.25) is 0 Å². The second kappa shape index (κ2) is 6.37. The molecule has 1 atom stereocenters. The van der Waals surface area contributed by atoms with Crippen LogP contribution in [0.5, 0.6) is 0 Å². The molecule has 1 heterocycles. The van der Waals surface area contributed by atoms with Crippen LogP contribution in [0.3, 0.4) is 0 Å². The van der Waals surface area contributed by atoms with Crippen LogP contribution in [0.25, 0.3) is 0 Å². The molecule has 0 bridgehead atoms. The van der Waals surface area contributed by atoms with Gasteiger partial charge >= 0.3 is 5.97 Å². The number of esters is 1. The van der Waals surface area contributed by atoms with E-state index in [1.165, 1.54) is 0 Å². The minimum Gasteiger partial charge on any atom is -0.461 e. The molecule has 0 saturated carbocycles.